The smallest absolute Gasteiger partial charge is 0.0651 e. The van der Waals surface area contributed by atoms with E-state index < -0.39 is 0 Å². The number of aryl methyl sites for hydroxylation is 1. The quantitative estimate of drug-likeness (QED) is 0.811. The van der Waals surface area contributed by atoms with Crippen LogP contribution in [0, 0.1) is 0 Å². The fourth-order valence-electron chi connectivity index (χ4n) is 2.27. The summed E-state index contributed by atoms with van der Waals surface area (Å²) in [6.07, 6.45) is 7.75. The average Bonchev–Trinajstić information content (AvgIpc) is 2.69. The fraction of sp³-hybridized carbons (Fsp3) is 0.667. The summed E-state index contributed by atoms with van der Waals surface area (Å²) in [5, 5.41) is 12.4. The van der Waals surface area contributed by atoms with Crippen LogP contribution in [-0.2, 0) is 6.42 Å². The van der Waals surface area contributed by atoms with Gasteiger partial charge in [0, 0.05) is 4.88 Å². The van der Waals surface area contributed by atoms with Crippen LogP contribution in [0.25, 0.3) is 0 Å². The van der Waals surface area contributed by atoms with Crippen molar-refractivity contribution in [3.05, 3.63) is 22.4 Å². The number of aliphatic hydroxyl groups is 1. The Morgan fingerprint density at radius 1 is 1.29 bits per heavy atom. The van der Waals surface area contributed by atoms with Crippen LogP contribution in [0.1, 0.15) is 43.4 Å². The van der Waals surface area contributed by atoms with Crippen molar-refractivity contribution in [1.29, 1.82) is 0 Å². The maximum absolute atomic E-state index is 10.3. The van der Waals surface area contributed by atoms with Gasteiger partial charge in [-0.2, -0.15) is 0 Å². The van der Waals surface area contributed by atoms with E-state index in [1.54, 1.807) is 11.3 Å². The molecule has 0 unspecified atom stereocenters. The standard InChI is InChI=1S/C12H18OS/c13-12(7-2-1-3-8-12)9-6-11-5-4-10-14-11/h4-5,10,13H,1-3,6-9H2. The summed E-state index contributed by atoms with van der Waals surface area (Å²) in [5.74, 6) is 0. The zero-order chi connectivity index (χ0) is 9.86. The molecule has 0 aromatic carbocycles. The third kappa shape index (κ3) is 2.58. The predicted molar refractivity (Wildman–Crippen MR) is 60.7 cm³/mol. The highest BCUT2D eigenvalue weighted by molar-refractivity contribution is 7.09. The molecule has 1 N–H and O–H groups in total. The molecule has 0 aliphatic heterocycles. The summed E-state index contributed by atoms with van der Waals surface area (Å²) in [7, 11) is 0. The summed E-state index contributed by atoms with van der Waals surface area (Å²) in [6, 6.07) is 4.25. The lowest BCUT2D eigenvalue weighted by atomic mass is 9.81. The molecule has 14 heavy (non-hydrogen) atoms. The van der Waals surface area contributed by atoms with E-state index in [2.05, 4.69) is 17.5 Å². The Balaban J connectivity index is 1.84. The molecule has 1 aromatic heterocycles. The van der Waals surface area contributed by atoms with Crippen molar-refractivity contribution in [2.45, 2.75) is 50.5 Å². The highest BCUT2D eigenvalue weighted by atomic mass is 32.1. The molecule has 1 fully saturated rings. The van der Waals surface area contributed by atoms with Gasteiger partial charge in [-0.25, -0.2) is 0 Å². The molecule has 0 spiro atoms. The van der Waals surface area contributed by atoms with Gasteiger partial charge in [-0.3, -0.25) is 0 Å². The molecule has 78 valence electrons. The lowest BCUT2D eigenvalue weighted by Crippen LogP contribution is -2.31. The van der Waals surface area contributed by atoms with Crippen LogP contribution in [0.2, 0.25) is 0 Å². The summed E-state index contributed by atoms with van der Waals surface area (Å²) in [6.45, 7) is 0. The van der Waals surface area contributed by atoms with E-state index in [0.29, 0.717) is 0 Å². The summed E-state index contributed by atoms with van der Waals surface area (Å²) < 4.78 is 0. The second-order valence-electron chi connectivity index (χ2n) is 4.36. The first-order chi connectivity index (χ1) is 6.79. The Morgan fingerprint density at radius 3 is 2.71 bits per heavy atom. The van der Waals surface area contributed by atoms with Crippen LogP contribution in [-0.4, -0.2) is 10.7 Å². The van der Waals surface area contributed by atoms with Crippen LogP contribution in [0.3, 0.4) is 0 Å². The Kier molecular flexibility index (Phi) is 3.24. The molecule has 1 nitrogen and oxygen atoms in total. The van der Waals surface area contributed by atoms with Crippen molar-refractivity contribution in [1.82, 2.24) is 0 Å². The Labute approximate surface area is 89.8 Å². The number of rotatable bonds is 3. The van der Waals surface area contributed by atoms with E-state index >= 15 is 0 Å². The van der Waals surface area contributed by atoms with Crippen LogP contribution in [0.4, 0.5) is 0 Å². The van der Waals surface area contributed by atoms with E-state index in [1.807, 2.05) is 0 Å². The first kappa shape index (κ1) is 10.2. The van der Waals surface area contributed by atoms with E-state index in [9.17, 15) is 5.11 Å². The summed E-state index contributed by atoms with van der Waals surface area (Å²) in [4.78, 5) is 1.41. The van der Waals surface area contributed by atoms with Gasteiger partial charge in [-0.15, -0.1) is 11.3 Å². The van der Waals surface area contributed by atoms with E-state index in [4.69, 9.17) is 0 Å². The van der Waals surface area contributed by atoms with E-state index in [1.165, 1.54) is 24.1 Å². The van der Waals surface area contributed by atoms with Gasteiger partial charge in [-0.1, -0.05) is 25.3 Å². The predicted octanol–water partition coefficient (Wildman–Crippen LogP) is 3.38. The molecule has 1 saturated carbocycles. The van der Waals surface area contributed by atoms with E-state index in [0.717, 1.165) is 25.7 Å². The van der Waals surface area contributed by atoms with Gasteiger partial charge >= 0.3 is 0 Å². The average molecular weight is 210 g/mol. The minimum Gasteiger partial charge on any atom is -0.390 e. The Hall–Kier alpha value is -0.340. The maximum Gasteiger partial charge on any atom is 0.0651 e. The molecule has 1 heterocycles. The molecular weight excluding hydrogens is 192 g/mol. The van der Waals surface area contributed by atoms with Crippen LogP contribution in [0.15, 0.2) is 17.5 Å². The highest BCUT2D eigenvalue weighted by Gasteiger charge is 2.28. The van der Waals surface area contributed by atoms with Gasteiger partial charge in [0.2, 0.25) is 0 Å². The van der Waals surface area contributed by atoms with Gasteiger partial charge in [0.05, 0.1) is 5.60 Å². The number of thiophene rings is 1. The normalized spacial score (nSPS) is 20.9. The first-order valence-corrected chi connectivity index (χ1v) is 6.41. The lowest BCUT2D eigenvalue weighted by Gasteiger charge is -2.31. The molecule has 1 aliphatic carbocycles. The molecule has 2 heteroatoms. The van der Waals surface area contributed by atoms with Crippen LogP contribution in [0.5, 0.6) is 0 Å². The minimum atomic E-state index is -0.345. The van der Waals surface area contributed by atoms with Crippen molar-refractivity contribution < 1.29 is 5.11 Å². The molecule has 0 atom stereocenters. The third-order valence-electron chi connectivity index (χ3n) is 3.20. The lowest BCUT2D eigenvalue weighted by molar-refractivity contribution is -0.00324. The fourth-order valence-corrected chi connectivity index (χ4v) is 2.98. The molecular formula is C12H18OS. The molecule has 1 aliphatic rings. The SMILES string of the molecule is OC1(CCc2cccs2)CCCCC1. The molecule has 1 aromatic rings. The van der Waals surface area contributed by atoms with Gasteiger partial charge in [0.15, 0.2) is 0 Å². The molecule has 0 amide bonds. The summed E-state index contributed by atoms with van der Waals surface area (Å²) in [5.41, 5.74) is -0.345. The number of hydrogen-bond donors (Lipinski definition) is 1. The zero-order valence-corrected chi connectivity index (χ0v) is 9.35. The van der Waals surface area contributed by atoms with Gasteiger partial charge in [0.25, 0.3) is 0 Å². The van der Waals surface area contributed by atoms with Crippen molar-refractivity contribution in [3.63, 3.8) is 0 Å². The van der Waals surface area contributed by atoms with Crippen LogP contribution < -0.4 is 0 Å². The van der Waals surface area contributed by atoms with Gasteiger partial charge in [0.1, 0.15) is 0 Å². The Morgan fingerprint density at radius 2 is 2.07 bits per heavy atom. The topological polar surface area (TPSA) is 20.2 Å². The highest BCUT2D eigenvalue weighted by Crippen LogP contribution is 2.32. The zero-order valence-electron chi connectivity index (χ0n) is 8.54. The largest absolute Gasteiger partial charge is 0.390 e. The molecule has 0 bridgehead atoms. The minimum absolute atomic E-state index is 0.345. The van der Waals surface area contributed by atoms with Gasteiger partial charge in [-0.05, 0) is 37.1 Å². The number of hydrogen-bond acceptors (Lipinski definition) is 2. The second kappa shape index (κ2) is 4.45. The maximum atomic E-state index is 10.3. The summed E-state index contributed by atoms with van der Waals surface area (Å²) >= 11 is 1.80. The first-order valence-electron chi connectivity index (χ1n) is 5.53. The van der Waals surface area contributed by atoms with E-state index in [-0.39, 0.29) is 5.60 Å². The molecule has 0 radical (unpaired) electrons. The molecule has 0 saturated heterocycles. The van der Waals surface area contributed by atoms with Gasteiger partial charge < -0.3 is 5.11 Å². The van der Waals surface area contributed by atoms with Crippen molar-refractivity contribution in [2.75, 3.05) is 0 Å². The van der Waals surface area contributed by atoms with Crippen molar-refractivity contribution >= 4 is 11.3 Å². The molecule has 2 rings (SSSR count). The third-order valence-corrected chi connectivity index (χ3v) is 4.14. The van der Waals surface area contributed by atoms with Crippen molar-refractivity contribution in [3.8, 4) is 0 Å². The van der Waals surface area contributed by atoms with Crippen molar-refractivity contribution in [2.24, 2.45) is 0 Å². The monoisotopic (exact) mass is 210 g/mol. The van der Waals surface area contributed by atoms with Crippen LogP contribution >= 0.6 is 11.3 Å². The second-order valence-corrected chi connectivity index (χ2v) is 5.40. The Bertz CT molecular complexity index is 260.